The normalized spacial score (nSPS) is 10.6. The van der Waals surface area contributed by atoms with E-state index in [0.29, 0.717) is 35.6 Å². The summed E-state index contributed by atoms with van der Waals surface area (Å²) < 4.78 is 1.62. The molecule has 0 aliphatic heterocycles. The quantitative estimate of drug-likeness (QED) is 0.456. The van der Waals surface area contributed by atoms with Gasteiger partial charge in [-0.1, -0.05) is 54.2 Å². The number of thioether (sulfide) groups is 1. The number of nitrogens with zero attached hydrogens (tertiary/aromatic N) is 4. The molecule has 2 aromatic carbocycles. The summed E-state index contributed by atoms with van der Waals surface area (Å²) in [4.78, 5) is 31.5. The monoisotopic (exact) mass is 392 g/mol. The van der Waals surface area contributed by atoms with Crippen LogP contribution in [0, 0.1) is 11.3 Å². The van der Waals surface area contributed by atoms with Gasteiger partial charge in [0.25, 0.3) is 5.56 Å². The van der Waals surface area contributed by atoms with Crippen molar-refractivity contribution in [2.24, 2.45) is 0 Å². The fourth-order valence-corrected chi connectivity index (χ4v) is 3.68. The Morgan fingerprint density at radius 3 is 2.64 bits per heavy atom. The minimum Gasteiger partial charge on any atom is -0.344 e. The standard InChI is InChI=1S/C21H20N4O2S/c1-24(13-7-12-22)19(26)15-28-21-23-18-11-6-5-10-17(18)20(27)25(21)14-16-8-3-2-4-9-16/h2-6,8-11H,7,13-15H2,1H3. The second-order valence-electron chi connectivity index (χ2n) is 6.30. The Morgan fingerprint density at radius 2 is 1.89 bits per heavy atom. The first-order chi connectivity index (χ1) is 13.6. The second kappa shape index (κ2) is 9.20. The van der Waals surface area contributed by atoms with E-state index in [-0.39, 0.29) is 17.2 Å². The Balaban J connectivity index is 1.91. The molecule has 3 aromatic rings. The topological polar surface area (TPSA) is 79.0 Å². The van der Waals surface area contributed by atoms with Gasteiger partial charge in [-0.3, -0.25) is 14.2 Å². The lowest BCUT2D eigenvalue weighted by atomic mass is 10.2. The first-order valence-corrected chi connectivity index (χ1v) is 9.86. The summed E-state index contributed by atoms with van der Waals surface area (Å²) in [6.07, 6.45) is 0.292. The van der Waals surface area contributed by atoms with E-state index in [9.17, 15) is 9.59 Å². The Hall–Kier alpha value is -3.11. The van der Waals surface area contributed by atoms with Crippen molar-refractivity contribution in [2.75, 3.05) is 19.3 Å². The van der Waals surface area contributed by atoms with Crippen LogP contribution in [-0.4, -0.2) is 39.7 Å². The molecule has 0 N–H and O–H groups in total. The molecule has 0 aliphatic rings. The summed E-state index contributed by atoms with van der Waals surface area (Å²) in [6.45, 7) is 0.774. The van der Waals surface area contributed by atoms with Crippen molar-refractivity contribution < 1.29 is 4.79 Å². The summed E-state index contributed by atoms with van der Waals surface area (Å²) in [5, 5.41) is 9.74. The van der Waals surface area contributed by atoms with Gasteiger partial charge in [-0.2, -0.15) is 5.26 Å². The maximum Gasteiger partial charge on any atom is 0.262 e. The molecule has 3 rings (SSSR count). The molecule has 0 atom stereocenters. The zero-order chi connectivity index (χ0) is 19.9. The number of carbonyl (C=O) groups is 1. The van der Waals surface area contributed by atoms with Gasteiger partial charge in [0.05, 0.1) is 35.7 Å². The number of rotatable bonds is 7. The van der Waals surface area contributed by atoms with Crippen molar-refractivity contribution in [3.8, 4) is 6.07 Å². The van der Waals surface area contributed by atoms with Crippen LogP contribution in [0.1, 0.15) is 12.0 Å². The van der Waals surface area contributed by atoms with Crippen molar-refractivity contribution in [3.63, 3.8) is 0 Å². The third-order valence-corrected chi connectivity index (χ3v) is 5.28. The van der Waals surface area contributed by atoms with Gasteiger partial charge in [0, 0.05) is 13.6 Å². The van der Waals surface area contributed by atoms with Gasteiger partial charge in [0.15, 0.2) is 5.16 Å². The number of amides is 1. The maximum atomic E-state index is 13.1. The summed E-state index contributed by atoms with van der Waals surface area (Å²) >= 11 is 1.24. The molecule has 0 radical (unpaired) electrons. The number of benzene rings is 2. The predicted molar refractivity (Wildman–Crippen MR) is 110 cm³/mol. The summed E-state index contributed by atoms with van der Waals surface area (Å²) in [5.41, 5.74) is 1.48. The highest BCUT2D eigenvalue weighted by Gasteiger charge is 2.15. The molecule has 6 nitrogen and oxygen atoms in total. The van der Waals surface area contributed by atoms with E-state index >= 15 is 0 Å². The smallest absolute Gasteiger partial charge is 0.262 e. The molecular formula is C21H20N4O2S. The lowest BCUT2D eigenvalue weighted by Gasteiger charge is -2.16. The first kappa shape index (κ1) is 19.6. The van der Waals surface area contributed by atoms with Gasteiger partial charge in [-0.15, -0.1) is 0 Å². The number of hydrogen-bond acceptors (Lipinski definition) is 5. The Kier molecular flexibility index (Phi) is 6.45. The summed E-state index contributed by atoms with van der Waals surface area (Å²) in [7, 11) is 1.67. The first-order valence-electron chi connectivity index (χ1n) is 8.87. The van der Waals surface area contributed by atoms with Crippen molar-refractivity contribution in [1.82, 2.24) is 14.5 Å². The van der Waals surface area contributed by atoms with Crippen LogP contribution < -0.4 is 5.56 Å². The van der Waals surface area contributed by atoms with Crippen LogP contribution in [-0.2, 0) is 11.3 Å². The van der Waals surface area contributed by atoms with Crippen LogP contribution >= 0.6 is 11.8 Å². The Bertz CT molecular complexity index is 1070. The average Bonchev–Trinajstić information content (AvgIpc) is 2.73. The van der Waals surface area contributed by atoms with Crippen molar-refractivity contribution >= 4 is 28.6 Å². The maximum absolute atomic E-state index is 13.1. The average molecular weight is 392 g/mol. The van der Waals surface area contributed by atoms with Crippen LogP contribution in [0.25, 0.3) is 10.9 Å². The summed E-state index contributed by atoms with van der Waals surface area (Å²) in [5.74, 6) is 0.0514. The zero-order valence-corrected chi connectivity index (χ0v) is 16.4. The van der Waals surface area contributed by atoms with E-state index in [1.54, 1.807) is 23.7 Å². The lowest BCUT2D eigenvalue weighted by Crippen LogP contribution is -2.30. The molecule has 28 heavy (non-hydrogen) atoms. The molecule has 0 fully saturated rings. The van der Waals surface area contributed by atoms with E-state index in [0.717, 1.165) is 5.56 Å². The van der Waals surface area contributed by atoms with Crippen molar-refractivity contribution in [1.29, 1.82) is 5.26 Å². The van der Waals surface area contributed by atoms with E-state index in [1.807, 2.05) is 48.5 Å². The fourth-order valence-electron chi connectivity index (χ4n) is 2.74. The molecule has 0 spiro atoms. The van der Waals surface area contributed by atoms with Crippen molar-refractivity contribution in [3.05, 3.63) is 70.5 Å². The van der Waals surface area contributed by atoms with Crippen molar-refractivity contribution in [2.45, 2.75) is 18.1 Å². The molecule has 1 heterocycles. The lowest BCUT2D eigenvalue weighted by molar-refractivity contribution is -0.127. The van der Waals surface area contributed by atoms with Gasteiger partial charge in [-0.25, -0.2) is 4.98 Å². The molecular weight excluding hydrogens is 372 g/mol. The molecule has 142 valence electrons. The minimum absolute atomic E-state index is 0.103. The molecule has 0 aliphatic carbocycles. The van der Waals surface area contributed by atoms with Crippen LogP contribution in [0.15, 0.2) is 64.5 Å². The van der Waals surface area contributed by atoms with Gasteiger partial charge in [-0.05, 0) is 17.7 Å². The van der Waals surface area contributed by atoms with Crippen LogP contribution in [0.2, 0.25) is 0 Å². The van der Waals surface area contributed by atoms with Gasteiger partial charge in [0.2, 0.25) is 5.91 Å². The van der Waals surface area contributed by atoms with Gasteiger partial charge >= 0.3 is 0 Å². The SMILES string of the molecule is CN(CCC#N)C(=O)CSc1nc2ccccc2c(=O)n1Cc1ccccc1. The number of carbonyl (C=O) groups excluding carboxylic acids is 1. The number of nitriles is 1. The third-order valence-electron chi connectivity index (χ3n) is 4.32. The van der Waals surface area contributed by atoms with Crippen LogP contribution in [0.5, 0.6) is 0 Å². The molecule has 0 saturated carbocycles. The number of aromatic nitrogens is 2. The molecule has 0 unspecified atom stereocenters. The molecule has 1 amide bonds. The Labute approximate surface area is 167 Å². The molecule has 7 heteroatoms. The van der Waals surface area contributed by atoms with Gasteiger partial charge in [0.1, 0.15) is 0 Å². The number of para-hydroxylation sites is 1. The zero-order valence-electron chi connectivity index (χ0n) is 15.5. The number of hydrogen-bond donors (Lipinski definition) is 0. The predicted octanol–water partition coefficient (Wildman–Crippen LogP) is 2.91. The highest BCUT2D eigenvalue weighted by atomic mass is 32.2. The van der Waals surface area contributed by atoms with Gasteiger partial charge < -0.3 is 4.90 Å². The summed E-state index contributed by atoms with van der Waals surface area (Å²) in [6, 6.07) is 18.9. The Morgan fingerprint density at radius 1 is 1.18 bits per heavy atom. The van der Waals surface area contributed by atoms with E-state index in [2.05, 4.69) is 4.98 Å². The molecule has 1 aromatic heterocycles. The minimum atomic E-state index is -0.123. The van der Waals surface area contributed by atoms with Crippen LogP contribution in [0.4, 0.5) is 0 Å². The van der Waals surface area contributed by atoms with Crippen LogP contribution in [0.3, 0.4) is 0 Å². The second-order valence-corrected chi connectivity index (χ2v) is 7.24. The van der Waals surface area contributed by atoms with E-state index in [1.165, 1.54) is 16.7 Å². The highest BCUT2D eigenvalue weighted by molar-refractivity contribution is 7.99. The van der Waals surface area contributed by atoms with E-state index < -0.39 is 0 Å². The fraction of sp³-hybridized carbons (Fsp3) is 0.238. The van der Waals surface area contributed by atoms with E-state index in [4.69, 9.17) is 5.26 Å². The largest absolute Gasteiger partial charge is 0.344 e. The number of fused-ring (bicyclic) bond motifs is 1. The molecule has 0 saturated heterocycles. The molecule has 0 bridgehead atoms. The highest BCUT2D eigenvalue weighted by Crippen LogP contribution is 2.19. The third kappa shape index (κ3) is 4.59.